The second-order valence-corrected chi connectivity index (χ2v) is 3.96. The van der Waals surface area contributed by atoms with Crippen molar-refractivity contribution in [2.45, 2.75) is 39.7 Å². The summed E-state index contributed by atoms with van der Waals surface area (Å²) in [5.74, 6) is -0.232. The number of carbonyl (C=O) groups excluding carboxylic acids is 1. The lowest BCUT2D eigenvalue weighted by Gasteiger charge is -2.21. The van der Waals surface area contributed by atoms with Crippen molar-refractivity contribution in [1.29, 1.82) is 0 Å². The molecule has 0 bridgehead atoms. The third-order valence-corrected chi connectivity index (χ3v) is 1.33. The molecule has 0 saturated heterocycles. The van der Waals surface area contributed by atoms with Gasteiger partial charge in [0.2, 0.25) is 0 Å². The van der Waals surface area contributed by atoms with Gasteiger partial charge in [0, 0.05) is 0 Å². The molecule has 12 heavy (non-hydrogen) atoms. The van der Waals surface area contributed by atoms with Crippen molar-refractivity contribution in [1.82, 2.24) is 0 Å². The van der Waals surface area contributed by atoms with Gasteiger partial charge in [-0.15, -0.1) is 6.58 Å². The van der Waals surface area contributed by atoms with Gasteiger partial charge >= 0.3 is 5.97 Å². The minimum absolute atomic E-state index is 0.0817. The van der Waals surface area contributed by atoms with Crippen LogP contribution in [-0.4, -0.2) is 11.6 Å². The highest BCUT2D eigenvalue weighted by Gasteiger charge is 2.20. The van der Waals surface area contributed by atoms with Gasteiger partial charge in [-0.1, -0.05) is 13.0 Å². The van der Waals surface area contributed by atoms with Crippen molar-refractivity contribution in [2.24, 2.45) is 5.92 Å². The molecule has 0 N–H and O–H groups in total. The molecule has 0 heterocycles. The number of ether oxygens (including phenoxy) is 1. The van der Waals surface area contributed by atoms with Crippen LogP contribution in [0.15, 0.2) is 12.7 Å². The Kier molecular flexibility index (Phi) is 4.01. The van der Waals surface area contributed by atoms with E-state index in [1.54, 1.807) is 6.08 Å². The molecule has 0 aromatic rings. The Hall–Kier alpha value is -0.790. The van der Waals surface area contributed by atoms with Crippen LogP contribution in [0.1, 0.15) is 34.1 Å². The van der Waals surface area contributed by atoms with E-state index in [0.717, 1.165) is 0 Å². The zero-order valence-corrected chi connectivity index (χ0v) is 8.39. The molecular formula is C10H18O2. The summed E-state index contributed by atoms with van der Waals surface area (Å²) in [5.41, 5.74) is -0.382. The highest BCUT2D eigenvalue weighted by Crippen LogP contribution is 2.13. The fraction of sp³-hybridized carbons (Fsp3) is 0.700. The molecule has 0 spiro atoms. The normalized spacial score (nSPS) is 13.7. The predicted molar refractivity (Wildman–Crippen MR) is 49.8 cm³/mol. The number of esters is 1. The first-order valence-electron chi connectivity index (χ1n) is 4.20. The van der Waals surface area contributed by atoms with Gasteiger partial charge < -0.3 is 4.74 Å². The standard InChI is InChI=1S/C10H18O2/c1-6-7-8(2)9(11)12-10(3,4)5/h6,8H,1,7H2,2-5H3/t8-/m0/s1. The van der Waals surface area contributed by atoms with Crippen LogP contribution in [0.4, 0.5) is 0 Å². The molecule has 0 aromatic heterocycles. The molecule has 0 aliphatic carbocycles. The average molecular weight is 170 g/mol. The zero-order chi connectivity index (χ0) is 9.78. The quantitative estimate of drug-likeness (QED) is 0.480. The van der Waals surface area contributed by atoms with E-state index in [4.69, 9.17) is 4.74 Å². The van der Waals surface area contributed by atoms with Gasteiger partial charge in [0.25, 0.3) is 0 Å². The second kappa shape index (κ2) is 4.29. The first-order chi connectivity index (χ1) is 5.37. The summed E-state index contributed by atoms with van der Waals surface area (Å²) in [6.07, 6.45) is 2.41. The maximum Gasteiger partial charge on any atom is 0.309 e. The number of allylic oxidation sites excluding steroid dienone is 1. The summed E-state index contributed by atoms with van der Waals surface area (Å²) < 4.78 is 5.17. The van der Waals surface area contributed by atoms with Crippen LogP contribution >= 0.6 is 0 Å². The molecule has 0 amide bonds. The molecule has 1 atom stereocenters. The topological polar surface area (TPSA) is 26.3 Å². The smallest absolute Gasteiger partial charge is 0.309 e. The summed E-state index contributed by atoms with van der Waals surface area (Å²) in [6, 6.07) is 0. The molecule has 0 unspecified atom stereocenters. The number of carbonyl (C=O) groups is 1. The van der Waals surface area contributed by atoms with Gasteiger partial charge in [0.1, 0.15) is 5.60 Å². The molecular weight excluding hydrogens is 152 g/mol. The van der Waals surface area contributed by atoms with Gasteiger partial charge in [-0.3, -0.25) is 4.79 Å². The molecule has 70 valence electrons. The Balaban J connectivity index is 3.95. The Morgan fingerprint density at radius 2 is 2.08 bits per heavy atom. The van der Waals surface area contributed by atoms with Crippen molar-refractivity contribution < 1.29 is 9.53 Å². The minimum Gasteiger partial charge on any atom is -0.460 e. The lowest BCUT2D eigenvalue weighted by atomic mass is 10.1. The molecule has 0 aliphatic heterocycles. The van der Waals surface area contributed by atoms with Gasteiger partial charge in [-0.25, -0.2) is 0 Å². The van der Waals surface area contributed by atoms with E-state index in [1.165, 1.54) is 0 Å². The Morgan fingerprint density at radius 1 is 1.58 bits per heavy atom. The summed E-state index contributed by atoms with van der Waals surface area (Å²) >= 11 is 0. The van der Waals surface area contributed by atoms with E-state index < -0.39 is 0 Å². The van der Waals surface area contributed by atoms with Gasteiger partial charge in [-0.05, 0) is 27.2 Å². The Labute approximate surface area is 74.6 Å². The van der Waals surface area contributed by atoms with Gasteiger partial charge in [0.05, 0.1) is 5.92 Å². The SMILES string of the molecule is C=CC[C@H](C)C(=O)OC(C)(C)C. The number of hydrogen-bond donors (Lipinski definition) is 0. The lowest BCUT2D eigenvalue weighted by molar-refractivity contribution is -0.159. The summed E-state index contributed by atoms with van der Waals surface area (Å²) in [7, 11) is 0. The number of rotatable bonds is 3. The first kappa shape index (κ1) is 11.2. The van der Waals surface area contributed by atoms with E-state index in [9.17, 15) is 4.79 Å². The lowest BCUT2D eigenvalue weighted by Crippen LogP contribution is -2.27. The molecule has 0 radical (unpaired) electrons. The van der Waals surface area contributed by atoms with E-state index in [-0.39, 0.29) is 17.5 Å². The van der Waals surface area contributed by atoms with Crippen molar-refractivity contribution >= 4 is 5.97 Å². The van der Waals surface area contributed by atoms with Crippen LogP contribution in [0.3, 0.4) is 0 Å². The number of hydrogen-bond acceptors (Lipinski definition) is 2. The molecule has 0 aliphatic rings. The maximum atomic E-state index is 11.3. The van der Waals surface area contributed by atoms with Gasteiger partial charge in [0.15, 0.2) is 0 Å². The third kappa shape index (κ3) is 4.94. The van der Waals surface area contributed by atoms with Crippen LogP contribution in [0.2, 0.25) is 0 Å². The second-order valence-electron chi connectivity index (χ2n) is 3.96. The van der Waals surface area contributed by atoms with Crippen LogP contribution in [0.25, 0.3) is 0 Å². The van der Waals surface area contributed by atoms with Gasteiger partial charge in [-0.2, -0.15) is 0 Å². The van der Waals surface area contributed by atoms with Crippen molar-refractivity contribution in [3.63, 3.8) is 0 Å². The van der Waals surface area contributed by atoms with Crippen LogP contribution in [0.5, 0.6) is 0 Å². The molecule has 2 nitrogen and oxygen atoms in total. The van der Waals surface area contributed by atoms with Crippen molar-refractivity contribution in [3.8, 4) is 0 Å². The fourth-order valence-electron chi connectivity index (χ4n) is 0.749. The predicted octanol–water partition coefficient (Wildman–Crippen LogP) is 2.54. The van der Waals surface area contributed by atoms with Crippen LogP contribution in [0, 0.1) is 5.92 Å². The summed E-state index contributed by atoms with van der Waals surface area (Å²) in [4.78, 5) is 11.3. The monoisotopic (exact) mass is 170 g/mol. The molecule has 0 fully saturated rings. The minimum atomic E-state index is -0.382. The third-order valence-electron chi connectivity index (χ3n) is 1.33. The fourth-order valence-corrected chi connectivity index (χ4v) is 0.749. The van der Waals surface area contributed by atoms with E-state index >= 15 is 0 Å². The molecule has 0 saturated carbocycles. The molecule has 2 heteroatoms. The maximum absolute atomic E-state index is 11.3. The molecule has 0 aromatic carbocycles. The van der Waals surface area contributed by atoms with Crippen molar-refractivity contribution in [2.75, 3.05) is 0 Å². The van der Waals surface area contributed by atoms with E-state index in [0.29, 0.717) is 6.42 Å². The largest absolute Gasteiger partial charge is 0.460 e. The van der Waals surface area contributed by atoms with Crippen molar-refractivity contribution in [3.05, 3.63) is 12.7 Å². The first-order valence-corrected chi connectivity index (χ1v) is 4.20. The van der Waals surface area contributed by atoms with Crippen LogP contribution < -0.4 is 0 Å². The Bertz CT molecular complexity index is 165. The summed E-state index contributed by atoms with van der Waals surface area (Å²) in [5, 5.41) is 0. The van der Waals surface area contributed by atoms with E-state index in [2.05, 4.69) is 6.58 Å². The Morgan fingerprint density at radius 3 is 2.42 bits per heavy atom. The van der Waals surface area contributed by atoms with Crippen LogP contribution in [-0.2, 0) is 9.53 Å². The zero-order valence-electron chi connectivity index (χ0n) is 8.39. The average Bonchev–Trinajstić information content (AvgIpc) is 1.84. The highest BCUT2D eigenvalue weighted by atomic mass is 16.6. The van der Waals surface area contributed by atoms with E-state index in [1.807, 2.05) is 27.7 Å². The summed E-state index contributed by atoms with van der Waals surface area (Å²) in [6.45, 7) is 11.0. The highest BCUT2D eigenvalue weighted by molar-refractivity contribution is 5.72. The molecule has 0 rings (SSSR count).